The molecular weight excluding hydrogens is 679 g/mol. The van der Waals surface area contributed by atoms with Gasteiger partial charge in [0.15, 0.2) is 6.10 Å². The molecule has 3 atom stereocenters. The minimum absolute atomic E-state index is 0.0561. The number of β-lactam (4-membered cyclic amide) rings is 1. The Morgan fingerprint density at radius 1 is 0.920 bits per heavy atom. The first-order valence-electron chi connectivity index (χ1n) is 15.7. The van der Waals surface area contributed by atoms with E-state index in [0.717, 1.165) is 11.1 Å². The van der Waals surface area contributed by atoms with Crippen LogP contribution in [-0.4, -0.2) is 71.8 Å². The summed E-state index contributed by atoms with van der Waals surface area (Å²) in [6.45, 7) is 5.16. The number of tetrazole rings is 1. The van der Waals surface area contributed by atoms with Gasteiger partial charge < -0.3 is 20.1 Å². The molecule has 3 aromatic carbocycles. The van der Waals surface area contributed by atoms with Crippen LogP contribution in [-0.2, 0) is 30.9 Å². The predicted molar refractivity (Wildman–Crippen MR) is 186 cm³/mol. The van der Waals surface area contributed by atoms with Crippen molar-refractivity contribution in [3.63, 3.8) is 0 Å². The molecule has 2 aliphatic heterocycles. The summed E-state index contributed by atoms with van der Waals surface area (Å²) in [6.07, 6.45) is -1.54. The van der Waals surface area contributed by atoms with Gasteiger partial charge in [-0.2, -0.15) is 0 Å². The molecule has 0 bridgehead atoms. The number of thioether (sulfide) groups is 2. The standard InChI is InChI=1S/C35H35N7O6S2/c1-35(2,3)48-34(46)37-25(21-14-8-5-9-15-21)29(43)36-26-30(44)42-27(24(20-49-31(26)42)50-33-38-39-40-41(33)4)32(45)47-28(22-16-10-6-11-17-22)23-18-12-7-13-19-23/h5-19,25-26,28,31H,20H2,1-4H3,(H,36,43)(H,37,46)/t25?,26-,31+/m1/s1. The molecule has 3 heterocycles. The first-order chi connectivity index (χ1) is 24.0. The number of alkyl carbamates (subject to hydrolysis) is 1. The first kappa shape index (κ1) is 34.7. The molecule has 3 amide bonds. The Hall–Kier alpha value is -5.15. The van der Waals surface area contributed by atoms with Crippen LogP contribution in [0.2, 0.25) is 0 Å². The van der Waals surface area contributed by atoms with Crippen molar-refractivity contribution in [2.45, 2.75) is 55.1 Å². The van der Waals surface area contributed by atoms with E-state index in [4.69, 9.17) is 9.47 Å². The van der Waals surface area contributed by atoms with Crippen molar-refractivity contribution in [1.29, 1.82) is 0 Å². The number of aryl methyl sites for hydroxylation is 1. The SMILES string of the molecule is Cn1nnnc1SC1=C(C(=O)OC(c2ccccc2)c2ccccc2)N2C(=O)[C@@H](NC(=O)C(NC(=O)OC(C)(C)C)c3ccccc3)[C@@H]2SC1. The number of nitrogens with one attached hydrogen (secondary N) is 2. The summed E-state index contributed by atoms with van der Waals surface area (Å²) in [6, 6.07) is 25.2. The number of hydrogen-bond acceptors (Lipinski definition) is 11. The molecule has 0 saturated carbocycles. The van der Waals surface area contributed by atoms with Gasteiger partial charge in [-0.05, 0) is 59.7 Å². The summed E-state index contributed by atoms with van der Waals surface area (Å²) in [4.78, 5) is 56.6. The van der Waals surface area contributed by atoms with Gasteiger partial charge in [0.05, 0.1) is 0 Å². The average Bonchev–Trinajstić information content (AvgIpc) is 3.52. The van der Waals surface area contributed by atoms with Gasteiger partial charge >= 0.3 is 12.1 Å². The number of hydrogen-bond donors (Lipinski definition) is 2. The van der Waals surface area contributed by atoms with E-state index in [1.807, 2.05) is 60.7 Å². The Balaban J connectivity index is 1.28. The molecular formula is C35H35N7O6S2. The Bertz CT molecular complexity index is 1860. The monoisotopic (exact) mass is 713 g/mol. The second-order valence-corrected chi connectivity index (χ2v) is 14.6. The third kappa shape index (κ3) is 7.68. The number of amides is 3. The van der Waals surface area contributed by atoms with Crippen molar-refractivity contribution in [2.75, 3.05) is 5.75 Å². The number of fused-ring (bicyclic) bond motifs is 1. The number of ether oxygens (including phenoxy) is 2. The van der Waals surface area contributed by atoms with Gasteiger partial charge in [0.2, 0.25) is 11.1 Å². The number of carbonyl (C=O) groups excluding carboxylic acids is 4. The molecule has 50 heavy (non-hydrogen) atoms. The average molecular weight is 714 g/mol. The molecule has 1 aromatic heterocycles. The number of benzene rings is 3. The lowest BCUT2D eigenvalue weighted by Crippen LogP contribution is -2.71. The lowest BCUT2D eigenvalue weighted by Gasteiger charge is -2.49. The largest absolute Gasteiger partial charge is 0.448 e. The number of nitrogens with zero attached hydrogens (tertiary/aromatic N) is 5. The van der Waals surface area contributed by atoms with Crippen LogP contribution in [0.1, 0.15) is 49.6 Å². The van der Waals surface area contributed by atoms with Crippen LogP contribution >= 0.6 is 23.5 Å². The van der Waals surface area contributed by atoms with Gasteiger partial charge in [0.1, 0.15) is 28.8 Å². The smallest absolute Gasteiger partial charge is 0.408 e. The molecule has 1 saturated heterocycles. The summed E-state index contributed by atoms with van der Waals surface area (Å²) < 4.78 is 13.1. The highest BCUT2D eigenvalue weighted by Crippen LogP contribution is 2.45. The van der Waals surface area contributed by atoms with E-state index in [-0.39, 0.29) is 5.70 Å². The quantitative estimate of drug-likeness (QED) is 0.176. The van der Waals surface area contributed by atoms with Gasteiger partial charge in [-0.15, -0.1) is 16.9 Å². The fraction of sp³-hybridized carbons (Fsp3) is 0.286. The fourth-order valence-electron chi connectivity index (χ4n) is 5.43. The molecule has 6 rings (SSSR count). The fourth-order valence-corrected chi connectivity index (χ4v) is 7.81. The van der Waals surface area contributed by atoms with Crippen molar-refractivity contribution in [3.8, 4) is 0 Å². The topological polar surface area (TPSA) is 158 Å². The van der Waals surface area contributed by atoms with E-state index in [9.17, 15) is 19.2 Å². The van der Waals surface area contributed by atoms with Crippen LogP contribution in [0, 0.1) is 0 Å². The molecule has 0 aliphatic carbocycles. The first-order valence-corrected chi connectivity index (χ1v) is 17.6. The molecule has 1 fully saturated rings. The Morgan fingerprint density at radius 2 is 1.50 bits per heavy atom. The van der Waals surface area contributed by atoms with E-state index in [0.29, 0.717) is 21.4 Å². The highest BCUT2D eigenvalue weighted by molar-refractivity contribution is 8.06. The van der Waals surface area contributed by atoms with Crippen molar-refractivity contribution in [2.24, 2.45) is 7.05 Å². The van der Waals surface area contributed by atoms with Crippen LogP contribution < -0.4 is 10.6 Å². The summed E-state index contributed by atoms with van der Waals surface area (Å²) in [5.74, 6) is -1.51. The minimum atomic E-state index is -1.14. The van der Waals surface area contributed by atoms with Crippen LogP contribution in [0.3, 0.4) is 0 Å². The molecule has 0 spiro atoms. The Labute approximate surface area is 297 Å². The molecule has 4 aromatic rings. The second-order valence-electron chi connectivity index (χ2n) is 12.5. The summed E-state index contributed by atoms with van der Waals surface area (Å²) in [7, 11) is 1.68. The molecule has 258 valence electrons. The van der Waals surface area contributed by atoms with Crippen molar-refractivity contribution in [3.05, 3.63) is 118 Å². The lowest BCUT2D eigenvalue weighted by molar-refractivity contribution is -0.154. The Kier molecular flexibility index (Phi) is 10.2. The van der Waals surface area contributed by atoms with Crippen LogP contribution in [0.5, 0.6) is 0 Å². The van der Waals surface area contributed by atoms with Gasteiger partial charge in [-0.1, -0.05) is 91.0 Å². The summed E-state index contributed by atoms with van der Waals surface area (Å²) in [5, 5.41) is 16.9. The zero-order chi connectivity index (χ0) is 35.4. The van der Waals surface area contributed by atoms with E-state index in [1.54, 1.807) is 58.2 Å². The molecule has 2 aliphatic rings. The highest BCUT2D eigenvalue weighted by atomic mass is 32.2. The number of rotatable bonds is 10. The van der Waals surface area contributed by atoms with Crippen LogP contribution in [0.25, 0.3) is 0 Å². The van der Waals surface area contributed by atoms with E-state index < -0.39 is 53.0 Å². The van der Waals surface area contributed by atoms with Crippen molar-refractivity contribution < 1.29 is 28.7 Å². The van der Waals surface area contributed by atoms with Crippen LogP contribution in [0.15, 0.2) is 107 Å². The van der Waals surface area contributed by atoms with E-state index >= 15 is 0 Å². The predicted octanol–water partition coefficient (Wildman–Crippen LogP) is 4.51. The Morgan fingerprint density at radius 3 is 2.04 bits per heavy atom. The molecule has 0 radical (unpaired) electrons. The maximum atomic E-state index is 14.3. The summed E-state index contributed by atoms with van der Waals surface area (Å²) >= 11 is 2.54. The number of aromatic nitrogens is 4. The third-order valence-electron chi connectivity index (χ3n) is 7.71. The molecule has 13 nitrogen and oxygen atoms in total. The van der Waals surface area contributed by atoms with Gasteiger partial charge in [-0.3, -0.25) is 14.5 Å². The van der Waals surface area contributed by atoms with Gasteiger partial charge in [-0.25, -0.2) is 14.3 Å². The molecule has 2 N–H and O–H groups in total. The van der Waals surface area contributed by atoms with Gasteiger partial charge in [0.25, 0.3) is 5.91 Å². The normalized spacial score (nSPS) is 17.8. The second kappa shape index (κ2) is 14.8. The maximum absolute atomic E-state index is 14.3. The summed E-state index contributed by atoms with van der Waals surface area (Å²) in [5.41, 5.74) is 1.28. The van der Waals surface area contributed by atoms with E-state index in [2.05, 4.69) is 26.2 Å². The number of esters is 1. The van der Waals surface area contributed by atoms with E-state index in [1.165, 1.54) is 33.1 Å². The third-order valence-corrected chi connectivity index (χ3v) is 10.3. The van der Waals surface area contributed by atoms with Crippen LogP contribution in [0.4, 0.5) is 4.79 Å². The van der Waals surface area contributed by atoms with Gasteiger partial charge in [0, 0.05) is 17.7 Å². The lowest BCUT2D eigenvalue weighted by atomic mass is 10.0. The van der Waals surface area contributed by atoms with Crippen molar-refractivity contribution in [1.82, 2.24) is 35.7 Å². The zero-order valence-corrected chi connectivity index (χ0v) is 29.3. The number of carbonyl (C=O) groups is 4. The molecule has 1 unspecified atom stereocenters. The molecule has 15 heteroatoms. The van der Waals surface area contributed by atoms with Crippen molar-refractivity contribution >= 4 is 47.4 Å². The maximum Gasteiger partial charge on any atom is 0.408 e. The highest BCUT2D eigenvalue weighted by Gasteiger charge is 2.55. The zero-order valence-electron chi connectivity index (χ0n) is 27.7. The minimum Gasteiger partial charge on any atom is -0.448 e.